The molecular formula is C43H76N2O7. The first kappa shape index (κ1) is 49.1. The Balaban J connectivity index is 4.17. The van der Waals surface area contributed by atoms with Gasteiger partial charge in [0.05, 0.1) is 13.2 Å². The summed E-state index contributed by atoms with van der Waals surface area (Å²) < 4.78 is 5.99. The van der Waals surface area contributed by atoms with Gasteiger partial charge in [0, 0.05) is 12.8 Å². The fraction of sp³-hybridized carbons (Fsp3) is 0.767. The van der Waals surface area contributed by atoms with E-state index in [0.29, 0.717) is 19.3 Å². The summed E-state index contributed by atoms with van der Waals surface area (Å²) in [4.78, 5) is 47.4. The Morgan fingerprint density at radius 1 is 0.596 bits per heavy atom. The van der Waals surface area contributed by atoms with Crippen LogP contribution in [-0.4, -0.2) is 59.3 Å². The number of carboxylic acids is 1. The molecule has 2 unspecified atom stereocenters. The van der Waals surface area contributed by atoms with Crippen LogP contribution < -0.4 is 10.6 Å². The Hall–Kier alpha value is -2.94. The van der Waals surface area contributed by atoms with E-state index in [2.05, 4.69) is 60.9 Å². The van der Waals surface area contributed by atoms with Gasteiger partial charge in [-0.1, -0.05) is 140 Å². The maximum Gasteiger partial charge on any atom is 0.328 e. The van der Waals surface area contributed by atoms with Gasteiger partial charge >= 0.3 is 11.9 Å². The van der Waals surface area contributed by atoms with Crippen LogP contribution in [0.15, 0.2) is 36.5 Å². The SMILES string of the molecule is CC/C=C\C/C=C\C/C=C\CCCCCCCCCC(=O)OC(CCCCCCCCC)CCCCCCCC(=O)NCC(=O)NC(CO)C(=O)O. The molecule has 2 amide bonds. The number of aliphatic carboxylic acids is 1. The van der Waals surface area contributed by atoms with E-state index in [1.165, 1.54) is 70.6 Å². The van der Waals surface area contributed by atoms with E-state index in [-0.39, 0.29) is 24.5 Å². The summed E-state index contributed by atoms with van der Waals surface area (Å²) >= 11 is 0. The van der Waals surface area contributed by atoms with Crippen molar-refractivity contribution in [1.29, 1.82) is 0 Å². The molecule has 0 aliphatic carbocycles. The fourth-order valence-corrected chi connectivity index (χ4v) is 5.96. The van der Waals surface area contributed by atoms with Crippen molar-refractivity contribution in [3.8, 4) is 0 Å². The van der Waals surface area contributed by atoms with Gasteiger partial charge in [0.1, 0.15) is 12.1 Å². The van der Waals surface area contributed by atoms with Crippen LogP contribution in [0.2, 0.25) is 0 Å². The van der Waals surface area contributed by atoms with E-state index in [1.54, 1.807) is 0 Å². The zero-order valence-electron chi connectivity index (χ0n) is 33.1. The lowest BCUT2D eigenvalue weighted by Gasteiger charge is -2.18. The molecule has 0 saturated heterocycles. The number of hydrogen-bond donors (Lipinski definition) is 4. The second-order valence-electron chi connectivity index (χ2n) is 14.1. The lowest BCUT2D eigenvalue weighted by Crippen LogP contribution is -2.47. The van der Waals surface area contributed by atoms with Crippen molar-refractivity contribution in [1.82, 2.24) is 10.6 Å². The number of carboxylic acid groups (broad SMARTS) is 1. The minimum absolute atomic E-state index is 0.0142. The molecule has 0 aliphatic rings. The summed E-state index contributed by atoms with van der Waals surface area (Å²) in [6, 6.07) is -1.38. The van der Waals surface area contributed by atoms with Gasteiger partial charge in [-0.15, -0.1) is 0 Å². The Morgan fingerprint density at radius 3 is 1.65 bits per heavy atom. The lowest BCUT2D eigenvalue weighted by molar-refractivity contribution is -0.150. The van der Waals surface area contributed by atoms with Crippen LogP contribution in [-0.2, 0) is 23.9 Å². The predicted molar refractivity (Wildman–Crippen MR) is 213 cm³/mol. The molecule has 0 aromatic rings. The normalized spacial score (nSPS) is 12.8. The third kappa shape index (κ3) is 34.2. The Bertz CT molecular complexity index is 979. The molecule has 0 saturated carbocycles. The Kier molecular flexibility index (Phi) is 35.7. The second kappa shape index (κ2) is 37.8. The number of ether oxygens (including phenoxy) is 1. The average molecular weight is 733 g/mol. The van der Waals surface area contributed by atoms with Gasteiger partial charge in [0.15, 0.2) is 0 Å². The minimum atomic E-state index is -1.38. The zero-order chi connectivity index (χ0) is 38.3. The number of hydrogen-bond acceptors (Lipinski definition) is 6. The predicted octanol–water partition coefficient (Wildman–Crippen LogP) is 9.82. The Morgan fingerprint density at radius 2 is 1.10 bits per heavy atom. The van der Waals surface area contributed by atoms with Crippen LogP contribution in [0, 0.1) is 0 Å². The highest BCUT2D eigenvalue weighted by atomic mass is 16.5. The summed E-state index contributed by atoms with van der Waals surface area (Å²) in [6.07, 6.45) is 41.8. The number of esters is 1. The number of aliphatic hydroxyl groups is 1. The number of amides is 2. The molecule has 0 spiro atoms. The smallest absolute Gasteiger partial charge is 0.328 e. The lowest BCUT2D eigenvalue weighted by atomic mass is 10.0. The summed E-state index contributed by atoms with van der Waals surface area (Å²) in [5, 5.41) is 22.5. The number of aliphatic hydroxyl groups excluding tert-OH is 1. The highest BCUT2D eigenvalue weighted by Gasteiger charge is 2.19. The molecule has 9 nitrogen and oxygen atoms in total. The van der Waals surface area contributed by atoms with Gasteiger partial charge in [0.25, 0.3) is 0 Å². The molecule has 52 heavy (non-hydrogen) atoms. The first-order chi connectivity index (χ1) is 25.3. The molecular weight excluding hydrogens is 656 g/mol. The zero-order valence-corrected chi connectivity index (χ0v) is 33.1. The van der Waals surface area contributed by atoms with Crippen molar-refractivity contribution in [3.05, 3.63) is 36.5 Å². The van der Waals surface area contributed by atoms with Crippen LogP contribution in [0.3, 0.4) is 0 Å². The van der Waals surface area contributed by atoms with E-state index < -0.39 is 24.5 Å². The summed E-state index contributed by atoms with van der Waals surface area (Å²) in [7, 11) is 0. The van der Waals surface area contributed by atoms with Crippen LogP contribution >= 0.6 is 0 Å². The highest BCUT2D eigenvalue weighted by molar-refractivity contribution is 5.87. The Labute approximate surface area is 316 Å². The number of carbonyl (C=O) groups excluding carboxylic acids is 3. The van der Waals surface area contributed by atoms with Crippen LogP contribution in [0.4, 0.5) is 0 Å². The molecule has 0 radical (unpaired) electrons. The summed E-state index contributed by atoms with van der Waals surface area (Å²) in [6.45, 7) is 3.35. The standard InChI is InChI=1S/C43H76N2O7/c1-3-5-7-9-11-12-13-14-15-16-17-18-19-20-22-27-31-35-42(49)52-38(32-28-24-21-10-8-6-4-2)33-29-25-23-26-30-34-40(47)44-36-41(48)45-39(37-46)43(50)51/h5,7,11-12,14-15,38-39,46H,3-4,6,8-10,13,16-37H2,1-2H3,(H,44,47)(H,45,48)(H,50,51)/b7-5-,12-11-,15-14-. The van der Waals surface area contributed by atoms with Gasteiger partial charge in [-0.3, -0.25) is 14.4 Å². The third-order valence-corrected chi connectivity index (χ3v) is 9.15. The third-order valence-electron chi connectivity index (χ3n) is 9.15. The van der Waals surface area contributed by atoms with E-state index >= 15 is 0 Å². The van der Waals surface area contributed by atoms with Crippen molar-refractivity contribution >= 4 is 23.8 Å². The van der Waals surface area contributed by atoms with Gasteiger partial charge in [-0.25, -0.2) is 4.79 Å². The van der Waals surface area contributed by atoms with Crippen molar-refractivity contribution in [2.24, 2.45) is 0 Å². The van der Waals surface area contributed by atoms with Gasteiger partial charge in [-0.2, -0.15) is 0 Å². The maximum absolute atomic E-state index is 12.7. The fourth-order valence-electron chi connectivity index (χ4n) is 5.96. The number of allylic oxidation sites excluding steroid dienone is 6. The first-order valence-electron chi connectivity index (χ1n) is 20.9. The van der Waals surface area contributed by atoms with Crippen molar-refractivity contribution in [3.63, 3.8) is 0 Å². The van der Waals surface area contributed by atoms with E-state index in [9.17, 15) is 19.2 Å². The van der Waals surface area contributed by atoms with E-state index in [1.807, 2.05) is 0 Å². The van der Waals surface area contributed by atoms with Gasteiger partial charge in [-0.05, 0) is 70.6 Å². The second-order valence-corrected chi connectivity index (χ2v) is 14.1. The largest absolute Gasteiger partial charge is 0.480 e. The quantitative estimate of drug-likeness (QED) is 0.0283. The summed E-state index contributed by atoms with van der Waals surface area (Å²) in [5.41, 5.74) is 0. The number of carbonyl (C=O) groups is 4. The van der Waals surface area contributed by atoms with Crippen LogP contribution in [0.25, 0.3) is 0 Å². The van der Waals surface area contributed by atoms with E-state index in [4.69, 9.17) is 14.9 Å². The number of nitrogens with one attached hydrogen (secondary N) is 2. The molecule has 0 rings (SSSR count). The maximum atomic E-state index is 12.7. The summed E-state index contributed by atoms with van der Waals surface area (Å²) in [5.74, 6) is -2.30. The molecule has 9 heteroatoms. The van der Waals surface area contributed by atoms with Crippen molar-refractivity contribution in [2.75, 3.05) is 13.2 Å². The molecule has 4 N–H and O–H groups in total. The molecule has 300 valence electrons. The number of rotatable bonds is 37. The van der Waals surface area contributed by atoms with Crippen LogP contribution in [0.1, 0.15) is 187 Å². The van der Waals surface area contributed by atoms with Crippen LogP contribution in [0.5, 0.6) is 0 Å². The average Bonchev–Trinajstić information content (AvgIpc) is 3.13. The monoisotopic (exact) mass is 733 g/mol. The molecule has 0 aliphatic heterocycles. The first-order valence-corrected chi connectivity index (χ1v) is 20.9. The molecule has 0 aromatic carbocycles. The van der Waals surface area contributed by atoms with Gasteiger partial charge in [0.2, 0.25) is 11.8 Å². The highest BCUT2D eigenvalue weighted by Crippen LogP contribution is 2.19. The molecule has 2 atom stereocenters. The van der Waals surface area contributed by atoms with Crippen molar-refractivity contribution < 1.29 is 34.1 Å². The van der Waals surface area contributed by atoms with Gasteiger partial charge < -0.3 is 25.6 Å². The topological polar surface area (TPSA) is 142 Å². The van der Waals surface area contributed by atoms with Crippen molar-refractivity contribution in [2.45, 2.75) is 199 Å². The minimum Gasteiger partial charge on any atom is -0.480 e. The molecule has 0 aromatic heterocycles. The molecule has 0 heterocycles. The molecule has 0 fully saturated rings. The number of unbranched alkanes of at least 4 members (excludes halogenated alkanes) is 17. The molecule has 0 bridgehead atoms. The van der Waals surface area contributed by atoms with E-state index in [0.717, 1.165) is 83.5 Å².